The fraction of sp³-hybridized carbons (Fsp3) is 1.00. The van der Waals surface area contributed by atoms with Crippen molar-refractivity contribution >= 4 is 0 Å². The number of ether oxygens (including phenoxy) is 2. The summed E-state index contributed by atoms with van der Waals surface area (Å²) in [6.07, 6.45) is 1.83. The van der Waals surface area contributed by atoms with Crippen LogP contribution in [0.1, 0.15) is 40.0 Å². The van der Waals surface area contributed by atoms with Crippen LogP contribution in [0.25, 0.3) is 0 Å². The third kappa shape index (κ3) is 1.56. The molecule has 1 N–H and O–H groups in total. The largest absolute Gasteiger partial charge is 0.368 e. The zero-order valence-corrected chi connectivity index (χ0v) is 12.4. The molecule has 5 heteroatoms. The molecule has 5 rings (SSSR count). The molecule has 8 atom stereocenters. The Balaban J connectivity index is 1.82. The van der Waals surface area contributed by atoms with Crippen molar-refractivity contribution in [2.24, 2.45) is 23.7 Å². The lowest BCUT2D eigenvalue weighted by atomic mass is 9.57. The fourth-order valence-corrected chi connectivity index (χ4v) is 4.87. The molecule has 5 fully saturated rings. The van der Waals surface area contributed by atoms with Gasteiger partial charge in [0.2, 0.25) is 0 Å². The summed E-state index contributed by atoms with van der Waals surface area (Å²) in [5.74, 6) is 1.18. The zero-order chi connectivity index (χ0) is 14.1. The summed E-state index contributed by atoms with van der Waals surface area (Å²) in [5.41, 5.74) is -0.951. The SMILES string of the molecule is C[C@@H]1[C@H](O)O[C@H]2OC[C@]3(C)C[C@H]4[C@H](C)CC[C@H]1[C@@]24OO3. The molecular formula is C15H24O5. The molecule has 2 bridgehead atoms. The average molecular weight is 284 g/mol. The van der Waals surface area contributed by atoms with Crippen LogP contribution in [-0.2, 0) is 19.2 Å². The van der Waals surface area contributed by atoms with E-state index in [1.165, 1.54) is 6.42 Å². The Morgan fingerprint density at radius 2 is 1.90 bits per heavy atom. The van der Waals surface area contributed by atoms with Gasteiger partial charge < -0.3 is 14.6 Å². The summed E-state index contributed by atoms with van der Waals surface area (Å²) in [4.78, 5) is 11.7. The first-order valence-electron chi connectivity index (χ1n) is 7.78. The average Bonchev–Trinajstić information content (AvgIpc) is 2.63. The van der Waals surface area contributed by atoms with E-state index in [4.69, 9.17) is 19.2 Å². The number of aliphatic hydroxyl groups excluding tert-OH is 1. The molecule has 0 aromatic rings. The van der Waals surface area contributed by atoms with Crippen LogP contribution in [0.15, 0.2) is 0 Å². The van der Waals surface area contributed by atoms with Crippen molar-refractivity contribution < 1.29 is 24.4 Å². The van der Waals surface area contributed by atoms with Gasteiger partial charge in [0.25, 0.3) is 0 Å². The minimum absolute atomic E-state index is 0.0379. The molecule has 0 unspecified atom stereocenters. The number of fused-ring (bicyclic) bond motifs is 2. The van der Waals surface area contributed by atoms with Crippen molar-refractivity contribution in [1.29, 1.82) is 0 Å². The van der Waals surface area contributed by atoms with Gasteiger partial charge in [-0.2, -0.15) is 0 Å². The van der Waals surface area contributed by atoms with Crippen molar-refractivity contribution in [2.45, 2.75) is 63.8 Å². The molecule has 4 heterocycles. The van der Waals surface area contributed by atoms with E-state index in [0.29, 0.717) is 18.4 Å². The van der Waals surface area contributed by atoms with Crippen molar-refractivity contribution in [3.63, 3.8) is 0 Å². The highest BCUT2D eigenvalue weighted by molar-refractivity contribution is 5.10. The molecule has 20 heavy (non-hydrogen) atoms. The van der Waals surface area contributed by atoms with Crippen LogP contribution in [0, 0.1) is 23.7 Å². The maximum absolute atomic E-state index is 10.2. The van der Waals surface area contributed by atoms with E-state index in [9.17, 15) is 5.11 Å². The molecule has 1 spiro atoms. The summed E-state index contributed by atoms with van der Waals surface area (Å²) >= 11 is 0. The van der Waals surface area contributed by atoms with E-state index in [-0.39, 0.29) is 11.8 Å². The highest BCUT2D eigenvalue weighted by Gasteiger charge is 2.69. The number of hydrogen-bond donors (Lipinski definition) is 1. The molecule has 0 aromatic heterocycles. The molecule has 0 amide bonds. The summed E-state index contributed by atoms with van der Waals surface area (Å²) in [6.45, 7) is 6.81. The first-order valence-corrected chi connectivity index (χ1v) is 7.78. The van der Waals surface area contributed by atoms with Crippen molar-refractivity contribution in [2.75, 3.05) is 6.61 Å². The highest BCUT2D eigenvalue weighted by atomic mass is 17.2. The third-order valence-corrected chi connectivity index (χ3v) is 6.07. The predicted octanol–water partition coefficient (Wildman–Crippen LogP) is 1.84. The molecule has 1 saturated carbocycles. The number of hydrogen-bond acceptors (Lipinski definition) is 5. The van der Waals surface area contributed by atoms with Gasteiger partial charge in [0, 0.05) is 17.8 Å². The second kappa shape index (κ2) is 4.17. The maximum atomic E-state index is 10.2. The molecule has 1 aliphatic carbocycles. The van der Waals surface area contributed by atoms with Crippen LogP contribution < -0.4 is 0 Å². The van der Waals surface area contributed by atoms with E-state index >= 15 is 0 Å². The molecular weight excluding hydrogens is 260 g/mol. The lowest BCUT2D eigenvalue weighted by Crippen LogP contribution is -2.69. The Morgan fingerprint density at radius 1 is 1.10 bits per heavy atom. The summed E-state index contributed by atoms with van der Waals surface area (Å²) in [5, 5.41) is 10.2. The molecule has 0 aromatic carbocycles. The van der Waals surface area contributed by atoms with Crippen LogP contribution in [0.4, 0.5) is 0 Å². The lowest BCUT2D eigenvalue weighted by molar-refractivity contribution is -0.494. The second-order valence-corrected chi connectivity index (χ2v) is 7.47. The summed E-state index contributed by atoms with van der Waals surface area (Å²) in [6, 6.07) is 0. The predicted molar refractivity (Wildman–Crippen MR) is 69.3 cm³/mol. The Bertz CT molecular complexity index is 415. The summed E-state index contributed by atoms with van der Waals surface area (Å²) < 4.78 is 11.7. The van der Waals surface area contributed by atoms with E-state index in [1.807, 2.05) is 13.8 Å². The Labute approximate surface area is 119 Å². The Kier molecular flexibility index (Phi) is 2.81. The Hall–Kier alpha value is -0.200. The second-order valence-electron chi connectivity index (χ2n) is 7.47. The molecule has 4 aliphatic heterocycles. The van der Waals surface area contributed by atoms with Crippen molar-refractivity contribution in [1.82, 2.24) is 0 Å². The van der Waals surface area contributed by atoms with Gasteiger partial charge in [-0.1, -0.05) is 13.8 Å². The van der Waals surface area contributed by atoms with Gasteiger partial charge in [-0.3, -0.25) is 0 Å². The van der Waals surface area contributed by atoms with Crippen LogP contribution in [0.2, 0.25) is 0 Å². The molecule has 5 nitrogen and oxygen atoms in total. The topological polar surface area (TPSA) is 57.2 Å². The maximum Gasteiger partial charge on any atom is 0.193 e. The van der Waals surface area contributed by atoms with Crippen LogP contribution in [-0.4, -0.2) is 35.5 Å². The van der Waals surface area contributed by atoms with Gasteiger partial charge >= 0.3 is 0 Å². The first-order chi connectivity index (χ1) is 9.46. The fourth-order valence-electron chi connectivity index (χ4n) is 4.87. The smallest absolute Gasteiger partial charge is 0.193 e. The zero-order valence-electron chi connectivity index (χ0n) is 12.4. The minimum Gasteiger partial charge on any atom is -0.368 e. The van der Waals surface area contributed by atoms with Gasteiger partial charge in [-0.15, -0.1) is 0 Å². The van der Waals surface area contributed by atoms with Crippen LogP contribution in [0.5, 0.6) is 0 Å². The van der Waals surface area contributed by atoms with Gasteiger partial charge in [0.05, 0.1) is 6.61 Å². The lowest BCUT2D eigenvalue weighted by Gasteiger charge is -2.59. The van der Waals surface area contributed by atoms with Crippen molar-refractivity contribution in [3.8, 4) is 0 Å². The van der Waals surface area contributed by atoms with Crippen LogP contribution in [0.3, 0.4) is 0 Å². The van der Waals surface area contributed by atoms with Gasteiger partial charge in [0.1, 0.15) is 5.60 Å². The number of aliphatic hydroxyl groups is 1. The minimum atomic E-state index is -0.779. The van der Waals surface area contributed by atoms with Crippen LogP contribution >= 0.6 is 0 Å². The first kappa shape index (κ1) is 13.5. The van der Waals surface area contributed by atoms with Gasteiger partial charge in [-0.25, -0.2) is 9.78 Å². The van der Waals surface area contributed by atoms with Crippen molar-refractivity contribution in [3.05, 3.63) is 0 Å². The molecule has 0 radical (unpaired) electrons. The standard InChI is InChI=1S/C15H24O5/c1-8-4-5-10-9(2)12(16)18-13-15(10)11(8)6-14(3,7-17-13)19-20-15/h8-13,16H,4-7H2,1-3H3/t8-,9+,10-,11+,12-,13-,14+,15+/m1/s1. The third-order valence-electron chi connectivity index (χ3n) is 6.07. The van der Waals surface area contributed by atoms with Gasteiger partial charge in [0.15, 0.2) is 18.2 Å². The van der Waals surface area contributed by atoms with E-state index in [1.54, 1.807) is 0 Å². The molecule has 4 saturated heterocycles. The molecule has 5 aliphatic rings. The highest BCUT2D eigenvalue weighted by Crippen LogP contribution is 2.59. The normalized spacial score (nSPS) is 61.8. The number of rotatable bonds is 0. The van der Waals surface area contributed by atoms with Gasteiger partial charge in [-0.05, 0) is 32.1 Å². The Morgan fingerprint density at radius 3 is 2.70 bits per heavy atom. The van der Waals surface area contributed by atoms with E-state index < -0.39 is 23.8 Å². The quantitative estimate of drug-likeness (QED) is 0.688. The van der Waals surface area contributed by atoms with E-state index in [2.05, 4.69) is 6.92 Å². The summed E-state index contributed by atoms with van der Waals surface area (Å²) in [7, 11) is 0. The van der Waals surface area contributed by atoms with E-state index in [0.717, 1.165) is 12.8 Å². The monoisotopic (exact) mass is 284 g/mol. The molecule has 114 valence electrons.